The molecule has 0 aromatic heterocycles. The van der Waals surface area contributed by atoms with E-state index in [0.717, 1.165) is 6.42 Å². The predicted octanol–water partition coefficient (Wildman–Crippen LogP) is 4.55. The third-order valence-electron chi connectivity index (χ3n) is 2.36. The summed E-state index contributed by atoms with van der Waals surface area (Å²) in [7, 11) is 0. The van der Waals surface area contributed by atoms with Crippen molar-refractivity contribution in [1.82, 2.24) is 0 Å². The van der Waals surface area contributed by atoms with Gasteiger partial charge < -0.3 is 0 Å². The molecule has 1 unspecified atom stereocenters. The smallest absolute Gasteiger partial charge is 0.00721 e. The molecule has 0 saturated carbocycles. The SMILES string of the molecule is C=CC(C)Cc1ccc(SCCC)cc1. The lowest BCUT2D eigenvalue weighted by Gasteiger charge is -2.06. The topological polar surface area (TPSA) is 0 Å². The van der Waals surface area contributed by atoms with Crippen LogP contribution in [0.25, 0.3) is 0 Å². The van der Waals surface area contributed by atoms with Gasteiger partial charge in [0.05, 0.1) is 0 Å². The average molecular weight is 220 g/mol. The Morgan fingerprint density at radius 2 is 2.00 bits per heavy atom. The average Bonchev–Trinajstić information content (AvgIpc) is 2.28. The first-order valence-corrected chi connectivity index (χ1v) is 6.59. The van der Waals surface area contributed by atoms with Crippen molar-refractivity contribution in [1.29, 1.82) is 0 Å². The van der Waals surface area contributed by atoms with Crippen LogP contribution in [0.1, 0.15) is 25.8 Å². The van der Waals surface area contributed by atoms with Gasteiger partial charge in [0.2, 0.25) is 0 Å². The molecule has 0 aliphatic carbocycles. The van der Waals surface area contributed by atoms with Crippen LogP contribution in [0.15, 0.2) is 41.8 Å². The van der Waals surface area contributed by atoms with E-state index in [2.05, 4.69) is 44.7 Å². The highest BCUT2D eigenvalue weighted by atomic mass is 32.2. The Labute approximate surface area is 97.8 Å². The molecule has 1 aromatic carbocycles. The van der Waals surface area contributed by atoms with E-state index in [1.807, 2.05) is 17.8 Å². The zero-order chi connectivity index (χ0) is 11.1. The van der Waals surface area contributed by atoms with Crippen LogP contribution in [0.3, 0.4) is 0 Å². The Morgan fingerprint density at radius 1 is 1.33 bits per heavy atom. The Morgan fingerprint density at radius 3 is 2.53 bits per heavy atom. The first-order valence-electron chi connectivity index (χ1n) is 5.60. The van der Waals surface area contributed by atoms with Gasteiger partial charge in [-0.3, -0.25) is 0 Å². The van der Waals surface area contributed by atoms with Crippen molar-refractivity contribution in [2.45, 2.75) is 31.6 Å². The number of thioether (sulfide) groups is 1. The highest BCUT2D eigenvalue weighted by molar-refractivity contribution is 7.99. The van der Waals surface area contributed by atoms with Crippen LogP contribution < -0.4 is 0 Å². The highest BCUT2D eigenvalue weighted by Gasteiger charge is 1.99. The van der Waals surface area contributed by atoms with Crippen molar-refractivity contribution < 1.29 is 0 Å². The van der Waals surface area contributed by atoms with Crippen molar-refractivity contribution in [3.8, 4) is 0 Å². The summed E-state index contributed by atoms with van der Waals surface area (Å²) < 4.78 is 0. The number of rotatable bonds is 6. The molecule has 1 heteroatoms. The Kier molecular flexibility index (Phi) is 5.56. The standard InChI is InChI=1S/C14H20S/c1-4-10-15-14-8-6-13(7-9-14)11-12(3)5-2/h5-9,12H,2,4,10-11H2,1,3H3. The summed E-state index contributed by atoms with van der Waals surface area (Å²) in [5.41, 5.74) is 1.41. The van der Waals surface area contributed by atoms with Crippen molar-refractivity contribution in [3.05, 3.63) is 42.5 Å². The van der Waals surface area contributed by atoms with Crippen LogP contribution in [-0.4, -0.2) is 5.75 Å². The monoisotopic (exact) mass is 220 g/mol. The van der Waals surface area contributed by atoms with Crippen molar-refractivity contribution in [2.24, 2.45) is 5.92 Å². The van der Waals surface area contributed by atoms with Gasteiger partial charge in [0.25, 0.3) is 0 Å². The lowest BCUT2D eigenvalue weighted by molar-refractivity contribution is 0.725. The lowest BCUT2D eigenvalue weighted by atomic mass is 10.0. The molecule has 0 radical (unpaired) electrons. The van der Waals surface area contributed by atoms with Gasteiger partial charge in [-0.05, 0) is 42.2 Å². The normalized spacial score (nSPS) is 12.4. The fourth-order valence-electron chi connectivity index (χ4n) is 1.40. The molecule has 0 amide bonds. The lowest BCUT2D eigenvalue weighted by Crippen LogP contribution is -1.94. The Bertz CT molecular complexity index is 287. The summed E-state index contributed by atoms with van der Waals surface area (Å²) in [6, 6.07) is 8.92. The van der Waals surface area contributed by atoms with E-state index in [4.69, 9.17) is 0 Å². The third-order valence-corrected chi connectivity index (χ3v) is 3.57. The van der Waals surface area contributed by atoms with Gasteiger partial charge in [-0.1, -0.05) is 32.1 Å². The van der Waals surface area contributed by atoms with Gasteiger partial charge in [0.1, 0.15) is 0 Å². The fourth-order valence-corrected chi connectivity index (χ4v) is 2.17. The van der Waals surface area contributed by atoms with Gasteiger partial charge in [-0.2, -0.15) is 0 Å². The molecule has 1 rings (SSSR count). The second-order valence-corrected chi connectivity index (χ2v) is 5.08. The summed E-state index contributed by atoms with van der Waals surface area (Å²) in [5, 5.41) is 0. The minimum absolute atomic E-state index is 0.569. The molecule has 0 fully saturated rings. The molecule has 82 valence electrons. The molecule has 15 heavy (non-hydrogen) atoms. The Balaban J connectivity index is 2.52. The summed E-state index contributed by atoms with van der Waals surface area (Å²) in [6.07, 6.45) is 4.35. The van der Waals surface area contributed by atoms with Gasteiger partial charge in [0, 0.05) is 4.90 Å². The van der Waals surface area contributed by atoms with E-state index < -0.39 is 0 Å². The van der Waals surface area contributed by atoms with Crippen LogP contribution in [-0.2, 0) is 6.42 Å². The summed E-state index contributed by atoms with van der Waals surface area (Å²) >= 11 is 1.93. The first kappa shape index (κ1) is 12.4. The molecule has 0 N–H and O–H groups in total. The molecule has 1 aromatic rings. The van der Waals surface area contributed by atoms with Crippen LogP contribution in [0.2, 0.25) is 0 Å². The maximum atomic E-state index is 3.81. The molecule has 0 bridgehead atoms. The molecule has 0 aliphatic heterocycles. The maximum absolute atomic E-state index is 3.81. The maximum Gasteiger partial charge on any atom is 0.00721 e. The minimum atomic E-state index is 0.569. The van der Waals surface area contributed by atoms with Crippen LogP contribution in [0, 0.1) is 5.92 Å². The predicted molar refractivity (Wildman–Crippen MR) is 70.5 cm³/mol. The van der Waals surface area contributed by atoms with Gasteiger partial charge in [-0.25, -0.2) is 0 Å². The molecular weight excluding hydrogens is 200 g/mol. The highest BCUT2D eigenvalue weighted by Crippen LogP contribution is 2.20. The van der Waals surface area contributed by atoms with E-state index >= 15 is 0 Å². The fraction of sp³-hybridized carbons (Fsp3) is 0.429. The van der Waals surface area contributed by atoms with Crippen molar-refractivity contribution in [2.75, 3.05) is 5.75 Å². The van der Waals surface area contributed by atoms with E-state index in [1.54, 1.807) is 0 Å². The molecule has 0 spiro atoms. The summed E-state index contributed by atoms with van der Waals surface area (Å²) in [6.45, 7) is 8.23. The zero-order valence-corrected chi connectivity index (χ0v) is 10.5. The molecular formula is C14H20S. The summed E-state index contributed by atoms with van der Waals surface area (Å²) in [5.74, 6) is 1.78. The van der Waals surface area contributed by atoms with Crippen molar-refractivity contribution in [3.63, 3.8) is 0 Å². The first-order chi connectivity index (χ1) is 7.26. The molecule has 0 nitrogen and oxygen atoms in total. The molecule has 0 heterocycles. The zero-order valence-electron chi connectivity index (χ0n) is 9.70. The van der Waals surface area contributed by atoms with Gasteiger partial charge >= 0.3 is 0 Å². The van der Waals surface area contributed by atoms with Crippen molar-refractivity contribution >= 4 is 11.8 Å². The quantitative estimate of drug-likeness (QED) is 0.500. The number of benzene rings is 1. The van der Waals surface area contributed by atoms with Crippen LogP contribution in [0.5, 0.6) is 0 Å². The van der Waals surface area contributed by atoms with E-state index in [0.29, 0.717) is 5.92 Å². The Hall–Kier alpha value is -0.690. The molecule has 1 atom stereocenters. The van der Waals surface area contributed by atoms with Gasteiger partial charge in [0.15, 0.2) is 0 Å². The van der Waals surface area contributed by atoms with E-state index in [9.17, 15) is 0 Å². The van der Waals surface area contributed by atoms with E-state index in [1.165, 1.54) is 22.6 Å². The minimum Gasteiger partial charge on any atom is -0.126 e. The second kappa shape index (κ2) is 6.73. The number of hydrogen-bond donors (Lipinski definition) is 0. The number of allylic oxidation sites excluding steroid dienone is 1. The van der Waals surface area contributed by atoms with Gasteiger partial charge in [-0.15, -0.1) is 18.3 Å². The molecule has 0 saturated heterocycles. The van der Waals surface area contributed by atoms with Crippen LogP contribution >= 0.6 is 11.8 Å². The number of hydrogen-bond acceptors (Lipinski definition) is 1. The summed E-state index contributed by atoms with van der Waals surface area (Å²) in [4.78, 5) is 1.38. The second-order valence-electron chi connectivity index (χ2n) is 3.91. The van der Waals surface area contributed by atoms with Crippen LogP contribution in [0.4, 0.5) is 0 Å². The van der Waals surface area contributed by atoms with E-state index in [-0.39, 0.29) is 0 Å². The largest absolute Gasteiger partial charge is 0.126 e. The molecule has 0 aliphatic rings. The third kappa shape index (κ3) is 4.57.